The first-order valence-corrected chi connectivity index (χ1v) is 12.9. The van der Waals surface area contributed by atoms with Crippen molar-refractivity contribution in [2.45, 2.75) is 45.8 Å². The summed E-state index contributed by atoms with van der Waals surface area (Å²) in [6.07, 6.45) is 1.06. The van der Waals surface area contributed by atoms with Crippen molar-refractivity contribution in [2.24, 2.45) is 5.92 Å². The molecule has 2 fully saturated rings. The number of rotatable bonds is 9. The quantitative estimate of drug-likeness (QED) is 0.280. The van der Waals surface area contributed by atoms with Gasteiger partial charge in [0.05, 0.1) is 30.6 Å². The molecule has 3 aromatic carbocycles. The molecular formula is C30H32N2O5. The smallest absolute Gasteiger partial charge is 0.266 e. The number of amides is 2. The maximum atomic E-state index is 13.8. The van der Waals surface area contributed by atoms with Crippen LogP contribution in [0.2, 0.25) is 0 Å². The number of para-hydroxylation sites is 1. The molecule has 7 nitrogen and oxygen atoms in total. The van der Waals surface area contributed by atoms with Crippen LogP contribution >= 0.6 is 0 Å². The molecule has 0 aliphatic carbocycles. The van der Waals surface area contributed by atoms with Gasteiger partial charge in [0.25, 0.3) is 5.91 Å². The Bertz CT molecular complexity index is 1260. The number of hydrogen-bond donors (Lipinski definition) is 0. The Kier molecular flexibility index (Phi) is 7.15. The monoisotopic (exact) mass is 500 g/mol. The number of nitrogens with zero attached hydrogens (tertiary/aromatic N) is 2. The number of carbonyl (C=O) groups is 2. The lowest BCUT2D eigenvalue weighted by Crippen LogP contribution is -2.37. The van der Waals surface area contributed by atoms with E-state index >= 15 is 0 Å². The van der Waals surface area contributed by atoms with E-state index < -0.39 is 18.1 Å². The van der Waals surface area contributed by atoms with Crippen LogP contribution in [-0.2, 0) is 14.4 Å². The Morgan fingerprint density at radius 2 is 1.59 bits per heavy atom. The molecule has 0 spiro atoms. The predicted molar refractivity (Wildman–Crippen MR) is 142 cm³/mol. The summed E-state index contributed by atoms with van der Waals surface area (Å²) in [6.45, 7) is 7.08. The minimum absolute atomic E-state index is 0.275. The number of ether oxygens (including phenoxy) is 2. The van der Waals surface area contributed by atoms with Gasteiger partial charge in [0.15, 0.2) is 17.6 Å². The molecule has 0 bridgehead atoms. The van der Waals surface area contributed by atoms with Crippen molar-refractivity contribution in [3.8, 4) is 11.5 Å². The average molecular weight is 501 g/mol. The molecule has 3 atom stereocenters. The highest BCUT2D eigenvalue weighted by molar-refractivity contribution is 6.23. The standard InChI is InChI=1S/C30H32N2O5/c1-4-6-18-36-24-17-14-21(19-25(24)35-5-2)27-26-28(37-32(27)23-10-8-7-9-11-23)30(34)31(29(26)33)22-15-12-20(3)13-16-22/h7-17,19,26-28H,4-6,18H2,1-3H3/t26-,27-,28-/m0/s1. The normalized spacial score (nSPS) is 20.9. The summed E-state index contributed by atoms with van der Waals surface area (Å²) in [5.41, 5.74) is 3.19. The minimum atomic E-state index is -0.921. The van der Waals surface area contributed by atoms with E-state index in [1.54, 1.807) is 17.2 Å². The number of carbonyl (C=O) groups excluding carboxylic acids is 2. The summed E-state index contributed by atoms with van der Waals surface area (Å²) in [6, 6.07) is 22.1. The van der Waals surface area contributed by atoms with Crippen molar-refractivity contribution < 1.29 is 23.9 Å². The van der Waals surface area contributed by atoms with E-state index in [4.69, 9.17) is 14.3 Å². The van der Waals surface area contributed by atoms with Gasteiger partial charge in [0, 0.05) is 0 Å². The van der Waals surface area contributed by atoms with Gasteiger partial charge in [-0.15, -0.1) is 0 Å². The van der Waals surface area contributed by atoms with Crippen molar-refractivity contribution in [2.75, 3.05) is 23.2 Å². The van der Waals surface area contributed by atoms with Gasteiger partial charge in [-0.2, -0.15) is 0 Å². The molecule has 2 heterocycles. The van der Waals surface area contributed by atoms with E-state index in [9.17, 15) is 9.59 Å². The van der Waals surface area contributed by atoms with Crippen molar-refractivity contribution in [1.82, 2.24) is 0 Å². The van der Waals surface area contributed by atoms with E-state index in [0.29, 0.717) is 30.4 Å². The van der Waals surface area contributed by atoms with E-state index in [1.165, 1.54) is 4.90 Å². The Morgan fingerprint density at radius 1 is 0.838 bits per heavy atom. The van der Waals surface area contributed by atoms with Crippen LogP contribution in [-0.4, -0.2) is 31.1 Å². The third kappa shape index (κ3) is 4.67. The van der Waals surface area contributed by atoms with Crippen LogP contribution in [0, 0.1) is 12.8 Å². The van der Waals surface area contributed by atoms with Crippen molar-refractivity contribution in [1.29, 1.82) is 0 Å². The number of unbranched alkanes of at least 4 members (excludes halogenated alkanes) is 1. The van der Waals surface area contributed by atoms with Crippen LogP contribution in [0.15, 0.2) is 72.8 Å². The van der Waals surface area contributed by atoms with Crippen LogP contribution in [0.25, 0.3) is 0 Å². The third-order valence-electron chi connectivity index (χ3n) is 6.78. The highest BCUT2D eigenvalue weighted by Crippen LogP contribution is 2.48. The van der Waals surface area contributed by atoms with Gasteiger partial charge in [0.2, 0.25) is 5.91 Å². The van der Waals surface area contributed by atoms with Crippen LogP contribution < -0.4 is 19.4 Å². The summed E-state index contributed by atoms with van der Waals surface area (Å²) in [4.78, 5) is 34.9. The maximum absolute atomic E-state index is 13.8. The van der Waals surface area contributed by atoms with Gasteiger partial charge in [0.1, 0.15) is 5.92 Å². The Hall–Kier alpha value is -3.84. The summed E-state index contributed by atoms with van der Waals surface area (Å²) >= 11 is 0. The molecule has 2 aliphatic heterocycles. The zero-order chi connectivity index (χ0) is 25.9. The fraction of sp³-hybridized carbons (Fsp3) is 0.333. The Morgan fingerprint density at radius 3 is 2.30 bits per heavy atom. The minimum Gasteiger partial charge on any atom is -0.490 e. The summed E-state index contributed by atoms with van der Waals surface area (Å²) in [7, 11) is 0. The first-order valence-electron chi connectivity index (χ1n) is 12.9. The SMILES string of the molecule is CCCCOc1ccc([C@H]2[C@@H]3C(=O)N(c4ccc(C)cc4)C(=O)[C@H]3ON2c2ccccc2)cc1OCC. The number of hydrogen-bond acceptors (Lipinski definition) is 6. The second-order valence-corrected chi connectivity index (χ2v) is 9.35. The first kappa shape index (κ1) is 24.8. The van der Waals surface area contributed by atoms with Gasteiger partial charge < -0.3 is 9.47 Å². The van der Waals surface area contributed by atoms with Gasteiger partial charge in [-0.3, -0.25) is 14.4 Å². The second kappa shape index (κ2) is 10.6. The van der Waals surface area contributed by atoms with Crippen molar-refractivity contribution in [3.05, 3.63) is 83.9 Å². The topological polar surface area (TPSA) is 68.3 Å². The van der Waals surface area contributed by atoms with Crippen molar-refractivity contribution >= 4 is 23.2 Å². The van der Waals surface area contributed by atoms with E-state index in [2.05, 4.69) is 6.92 Å². The largest absolute Gasteiger partial charge is 0.490 e. The fourth-order valence-corrected chi connectivity index (χ4v) is 4.92. The molecule has 5 rings (SSSR count). The van der Waals surface area contributed by atoms with E-state index in [0.717, 1.165) is 29.7 Å². The highest BCUT2D eigenvalue weighted by atomic mass is 16.7. The first-order chi connectivity index (χ1) is 18.0. The van der Waals surface area contributed by atoms with Gasteiger partial charge in [-0.25, -0.2) is 9.96 Å². The van der Waals surface area contributed by atoms with Crippen molar-refractivity contribution in [3.63, 3.8) is 0 Å². The fourth-order valence-electron chi connectivity index (χ4n) is 4.92. The number of fused-ring (bicyclic) bond motifs is 1. The molecule has 7 heteroatoms. The molecule has 2 aliphatic rings. The highest BCUT2D eigenvalue weighted by Gasteiger charge is 2.60. The molecule has 2 amide bonds. The molecule has 0 radical (unpaired) electrons. The molecular weight excluding hydrogens is 468 g/mol. The van der Waals surface area contributed by atoms with Gasteiger partial charge in [-0.05, 0) is 62.2 Å². The molecule has 37 heavy (non-hydrogen) atoms. The van der Waals surface area contributed by atoms with Crippen LogP contribution in [0.5, 0.6) is 11.5 Å². The zero-order valence-corrected chi connectivity index (χ0v) is 21.4. The second-order valence-electron chi connectivity index (χ2n) is 9.35. The molecule has 0 N–H and O–H groups in total. The third-order valence-corrected chi connectivity index (χ3v) is 6.78. The Balaban J connectivity index is 1.55. The molecule has 192 valence electrons. The van der Waals surface area contributed by atoms with E-state index in [-0.39, 0.29) is 11.8 Å². The molecule has 0 aromatic heterocycles. The maximum Gasteiger partial charge on any atom is 0.266 e. The summed E-state index contributed by atoms with van der Waals surface area (Å²) in [5.74, 6) is -0.0682. The summed E-state index contributed by atoms with van der Waals surface area (Å²) < 4.78 is 11.9. The van der Waals surface area contributed by atoms with Gasteiger partial charge in [-0.1, -0.05) is 55.3 Å². The number of imide groups is 1. The Labute approximate surface area is 217 Å². The van der Waals surface area contributed by atoms with Gasteiger partial charge >= 0.3 is 0 Å². The molecule has 2 saturated heterocycles. The number of hydroxylamine groups is 1. The zero-order valence-electron chi connectivity index (χ0n) is 21.4. The van der Waals surface area contributed by atoms with E-state index in [1.807, 2.05) is 74.5 Å². The number of anilines is 2. The average Bonchev–Trinajstić information content (AvgIpc) is 3.42. The van der Waals surface area contributed by atoms with Crippen LogP contribution in [0.3, 0.4) is 0 Å². The number of aryl methyl sites for hydroxylation is 1. The molecule has 3 aromatic rings. The predicted octanol–water partition coefficient (Wildman–Crippen LogP) is 5.62. The number of benzene rings is 3. The van der Waals surface area contributed by atoms with Crippen LogP contribution in [0.1, 0.15) is 43.9 Å². The molecule has 0 saturated carbocycles. The summed E-state index contributed by atoms with van der Waals surface area (Å²) in [5, 5.41) is 1.69. The van der Waals surface area contributed by atoms with Crippen LogP contribution in [0.4, 0.5) is 11.4 Å². The lowest BCUT2D eigenvalue weighted by Gasteiger charge is -2.29. The lowest BCUT2D eigenvalue weighted by molar-refractivity contribution is -0.126. The molecule has 0 unspecified atom stereocenters. The lowest BCUT2D eigenvalue weighted by atomic mass is 9.90.